The van der Waals surface area contributed by atoms with Gasteiger partial charge in [-0.1, -0.05) is 36.0 Å². The van der Waals surface area contributed by atoms with E-state index in [9.17, 15) is 4.79 Å². The van der Waals surface area contributed by atoms with E-state index in [4.69, 9.17) is 4.74 Å². The summed E-state index contributed by atoms with van der Waals surface area (Å²) in [4.78, 5) is 17.8. The number of fused-ring (bicyclic) bond motifs is 1. The number of carbonyl (C=O) groups excluding carboxylic acids is 1. The number of nitrogens with zero attached hydrogens (tertiary/aromatic N) is 1. The number of pyridine rings is 1. The zero-order valence-corrected chi connectivity index (χ0v) is 15.6. The summed E-state index contributed by atoms with van der Waals surface area (Å²) < 4.78 is 5.79. The molecule has 1 amide bonds. The van der Waals surface area contributed by atoms with Gasteiger partial charge < -0.3 is 10.1 Å². The van der Waals surface area contributed by atoms with Crippen LogP contribution in [0.2, 0.25) is 0 Å². The van der Waals surface area contributed by atoms with Crippen LogP contribution in [0.15, 0.2) is 82.8 Å². The van der Waals surface area contributed by atoms with Gasteiger partial charge in [-0.3, -0.25) is 4.79 Å². The monoisotopic (exact) mass is 376 g/mol. The molecule has 1 aromatic heterocycles. The summed E-state index contributed by atoms with van der Waals surface area (Å²) in [6, 6.07) is 21.5. The first-order chi connectivity index (χ1) is 13.3. The first-order valence-corrected chi connectivity index (χ1v) is 9.77. The Kier molecular flexibility index (Phi) is 5.39. The van der Waals surface area contributed by atoms with E-state index in [-0.39, 0.29) is 5.91 Å². The van der Waals surface area contributed by atoms with Gasteiger partial charge in [-0.2, -0.15) is 0 Å². The fourth-order valence-corrected chi connectivity index (χ4v) is 3.84. The molecule has 136 valence electrons. The van der Waals surface area contributed by atoms with Gasteiger partial charge in [0, 0.05) is 29.1 Å². The molecule has 1 aliphatic heterocycles. The third-order valence-electron chi connectivity index (χ3n) is 4.48. The smallest absolute Gasteiger partial charge is 0.251 e. The van der Waals surface area contributed by atoms with Crippen molar-refractivity contribution in [1.29, 1.82) is 0 Å². The highest BCUT2D eigenvalue weighted by Crippen LogP contribution is 2.27. The van der Waals surface area contributed by atoms with Gasteiger partial charge in [0.05, 0.1) is 6.61 Å². The van der Waals surface area contributed by atoms with E-state index in [2.05, 4.69) is 16.4 Å². The largest absolute Gasteiger partial charge is 0.493 e. The van der Waals surface area contributed by atoms with Crippen molar-refractivity contribution in [2.75, 3.05) is 13.2 Å². The molecule has 0 spiro atoms. The average Bonchev–Trinajstić information content (AvgIpc) is 2.73. The molecule has 0 unspecified atom stereocenters. The van der Waals surface area contributed by atoms with Gasteiger partial charge in [-0.25, -0.2) is 4.98 Å². The maximum atomic E-state index is 12.4. The van der Waals surface area contributed by atoms with Gasteiger partial charge in [0.2, 0.25) is 0 Å². The van der Waals surface area contributed by atoms with Gasteiger partial charge in [0.15, 0.2) is 0 Å². The molecule has 1 aliphatic rings. The summed E-state index contributed by atoms with van der Waals surface area (Å²) >= 11 is 1.58. The highest BCUT2D eigenvalue weighted by molar-refractivity contribution is 7.99. The normalized spacial score (nSPS) is 15.5. The minimum absolute atomic E-state index is 0.0526. The van der Waals surface area contributed by atoms with Gasteiger partial charge in [-0.05, 0) is 54.4 Å². The Morgan fingerprint density at radius 1 is 1.07 bits per heavy atom. The van der Waals surface area contributed by atoms with Crippen LogP contribution in [0.1, 0.15) is 15.9 Å². The molecular weight excluding hydrogens is 356 g/mol. The van der Waals surface area contributed by atoms with Gasteiger partial charge in [0.1, 0.15) is 10.8 Å². The average molecular weight is 376 g/mol. The Bertz CT molecular complexity index is 913. The number of amides is 1. The van der Waals surface area contributed by atoms with Gasteiger partial charge in [0.25, 0.3) is 5.91 Å². The molecule has 3 aromatic rings. The third kappa shape index (κ3) is 4.49. The number of hydrogen-bond acceptors (Lipinski definition) is 4. The molecule has 5 heteroatoms. The summed E-state index contributed by atoms with van der Waals surface area (Å²) in [5, 5.41) is 3.97. The van der Waals surface area contributed by atoms with Crippen molar-refractivity contribution in [1.82, 2.24) is 10.3 Å². The SMILES string of the molecule is O=C(NC[C@H]1COc2ccccc2C1)c1ccc(Sc2ccccn2)cc1. The molecule has 0 fully saturated rings. The van der Waals surface area contributed by atoms with Crippen LogP contribution in [-0.2, 0) is 6.42 Å². The molecule has 1 atom stereocenters. The fraction of sp³-hybridized carbons (Fsp3) is 0.182. The van der Waals surface area contributed by atoms with Crippen LogP contribution in [0.3, 0.4) is 0 Å². The van der Waals surface area contributed by atoms with Crippen LogP contribution < -0.4 is 10.1 Å². The minimum atomic E-state index is -0.0526. The van der Waals surface area contributed by atoms with E-state index in [1.807, 2.05) is 60.7 Å². The number of ether oxygens (including phenoxy) is 1. The summed E-state index contributed by atoms with van der Waals surface area (Å²) in [6.45, 7) is 1.24. The third-order valence-corrected chi connectivity index (χ3v) is 5.44. The van der Waals surface area contributed by atoms with Crippen LogP contribution >= 0.6 is 11.8 Å². The zero-order chi connectivity index (χ0) is 18.5. The topological polar surface area (TPSA) is 51.2 Å². The number of aromatic nitrogens is 1. The molecule has 1 N–H and O–H groups in total. The lowest BCUT2D eigenvalue weighted by molar-refractivity contribution is 0.0939. The number of hydrogen-bond donors (Lipinski definition) is 1. The molecule has 0 saturated heterocycles. The van der Waals surface area contributed by atoms with Crippen LogP contribution in [0.25, 0.3) is 0 Å². The second kappa shape index (κ2) is 8.27. The molecule has 0 bridgehead atoms. The van der Waals surface area contributed by atoms with E-state index in [1.54, 1.807) is 18.0 Å². The Morgan fingerprint density at radius 2 is 1.89 bits per heavy atom. The van der Waals surface area contributed by atoms with Crippen LogP contribution in [0.4, 0.5) is 0 Å². The Balaban J connectivity index is 1.31. The van der Waals surface area contributed by atoms with Crippen molar-refractivity contribution in [3.05, 3.63) is 84.1 Å². The van der Waals surface area contributed by atoms with Crippen molar-refractivity contribution in [2.24, 2.45) is 5.92 Å². The molecular formula is C22H20N2O2S. The van der Waals surface area contributed by atoms with E-state index in [1.165, 1.54) is 5.56 Å². The first kappa shape index (κ1) is 17.6. The van der Waals surface area contributed by atoms with E-state index < -0.39 is 0 Å². The molecule has 4 nitrogen and oxygen atoms in total. The number of nitrogens with one attached hydrogen (secondary N) is 1. The van der Waals surface area contributed by atoms with E-state index in [0.29, 0.717) is 24.6 Å². The number of para-hydroxylation sites is 1. The summed E-state index contributed by atoms with van der Waals surface area (Å²) in [5.41, 5.74) is 1.87. The highest BCUT2D eigenvalue weighted by atomic mass is 32.2. The fourth-order valence-electron chi connectivity index (χ4n) is 3.06. The van der Waals surface area contributed by atoms with Crippen LogP contribution in [-0.4, -0.2) is 24.0 Å². The number of benzene rings is 2. The number of carbonyl (C=O) groups is 1. The second-order valence-corrected chi connectivity index (χ2v) is 7.59. The zero-order valence-electron chi connectivity index (χ0n) is 14.8. The van der Waals surface area contributed by atoms with E-state index in [0.717, 1.165) is 22.1 Å². The molecule has 0 saturated carbocycles. The van der Waals surface area contributed by atoms with Crippen molar-refractivity contribution >= 4 is 17.7 Å². The number of rotatable bonds is 5. The quantitative estimate of drug-likeness (QED) is 0.725. The summed E-state index contributed by atoms with van der Waals surface area (Å²) in [5.74, 6) is 1.20. The standard InChI is InChI=1S/C22H20N2O2S/c25-22(24-14-16-13-18-5-1-2-6-20(18)26-15-16)17-8-10-19(11-9-17)27-21-7-3-4-12-23-21/h1-12,16H,13-15H2,(H,24,25)/t16-/m0/s1. The molecule has 4 rings (SSSR count). The van der Waals surface area contributed by atoms with Crippen LogP contribution in [0, 0.1) is 5.92 Å². The van der Waals surface area contributed by atoms with Crippen molar-refractivity contribution in [2.45, 2.75) is 16.3 Å². The summed E-state index contributed by atoms with van der Waals surface area (Å²) in [6.07, 6.45) is 2.70. The lowest BCUT2D eigenvalue weighted by Crippen LogP contribution is -2.34. The maximum Gasteiger partial charge on any atom is 0.251 e. The van der Waals surface area contributed by atoms with E-state index >= 15 is 0 Å². The molecule has 2 aromatic carbocycles. The lowest BCUT2D eigenvalue weighted by atomic mass is 9.96. The predicted molar refractivity (Wildman–Crippen MR) is 106 cm³/mol. The highest BCUT2D eigenvalue weighted by Gasteiger charge is 2.20. The van der Waals surface area contributed by atoms with Crippen LogP contribution in [0.5, 0.6) is 5.75 Å². The molecule has 0 radical (unpaired) electrons. The minimum Gasteiger partial charge on any atom is -0.493 e. The van der Waals surface area contributed by atoms with Crippen molar-refractivity contribution < 1.29 is 9.53 Å². The predicted octanol–water partition coefficient (Wildman–Crippen LogP) is 4.21. The van der Waals surface area contributed by atoms with Crippen molar-refractivity contribution in [3.63, 3.8) is 0 Å². The Hall–Kier alpha value is -2.79. The molecule has 2 heterocycles. The Morgan fingerprint density at radius 3 is 2.70 bits per heavy atom. The van der Waals surface area contributed by atoms with Gasteiger partial charge >= 0.3 is 0 Å². The van der Waals surface area contributed by atoms with Gasteiger partial charge in [-0.15, -0.1) is 0 Å². The molecule has 0 aliphatic carbocycles. The lowest BCUT2D eigenvalue weighted by Gasteiger charge is -2.25. The summed E-state index contributed by atoms with van der Waals surface area (Å²) in [7, 11) is 0. The maximum absolute atomic E-state index is 12.4. The Labute approximate surface area is 163 Å². The first-order valence-electron chi connectivity index (χ1n) is 8.96. The van der Waals surface area contributed by atoms with Crippen molar-refractivity contribution in [3.8, 4) is 5.75 Å². The second-order valence-electron chi connectivity index (χ2n) is 6.49. The molecule has 27 heavy (non-hydrogen) atoms.